The molecule has 0 nitrogen and oxygen atoms in total. The molecule has 0 aromatic heterocycles. The van der Waals surface area contributed by atoms with Crippen LogP contribution in [0.4, 0.5) is 0 Å². The first-order valence-corrected chi connectivity index (χ1v) is 5.11. The molecule has 1 rings (SSSR count). The molecule has 0 atom stereocenters. The van der Waals surface area contributed by atoms with Crippen molar-refractivity contribution in [3.8, 4) is 0 Å². The van der Waals surface area contributed by atoms with Gasteiger partial charge in [-0.2, -0.15) is 0 Å². The fraction of sp³-hybridized carbons (Fsp3) is 0.286. The van der Waals surface area contributed by atoms with Gasteiger partial charge in [0.25, 0.3) is 0 Å². The van der Waals surface area contributed by atoms with E-state index in [1.165, 1.54) is 11.1 Å². The molecule has 0 bridgehead atoms. The molecule has 74 valence electrons. The number of allylic oxidation sites excluding steroid dienone is 4. The molecule has 14 heavy (non-hydrogen) atoms. The quantitative estimate of drug-likeness (QED) is 0.620. The lowest BCUT2D eigenvalue weighted by Crippen LogP contribution is -1.77. The molecular formula is C14H18. The van der Waals surface area contributed by atoms with Crippen LogP contribution in [-0.2, 0) is 6.42 Å². The molecular weight excluding hydrogens is 168 g/mol. The minimum atomic E-state index is 1.04. The van der Waals surface area contributed by atoms with Gasteiger partial charge in [0.05, 0.1) is 0 Å². The Labute approximate surface area is 87.0 Å². The molecule has 0 spiro atoms. The first-order chi connectivity index (χ1) is 6.79. The number of hydrogen-bond acceptors (Lipinski definition) is 0. The summed E-state index contributed by atoms with van der Waals surface area (Å²) in [5.74, 6) is 0. The molecule has 0 saturated carbocycles. The Morgan fingerprint density at radius 1 is 1.07 bits per heavy atom. The van der Waals surface area contributed by atoms with Crippen LogP contribution in [0.25, 0.3) is 0 Å². The van der Waals surface area contributed by atoms with Crippen LogP contribution >= 0.6 is 0 Å². The summed E-state index contributed by atoms with van der Waals surface area (Å²) in [7, 11) is 0. The van der Waals surface area contributed by atoms with Crippen LogP contribution in [0.1, 0.15) is 25.8 Å². The standard InChI is InChI=1S/C14H18/c1-13(2)9-5-3-6-10-14-11-7-4-8-12-14/h3-4,6-9,11-12H,5,10H2,1-2H3/b6-3+. The van der Waals surface area contributed by atoms with Gasteiger partial charge in [-0.05, 0) is 32.3 Å². The predicted octanol–water partition coefficient (Wildman–Crippen LogP) is 4.14. The van der Waals surface area contributed by atoms with Crippen LogP contribution in [0.5, 0.6) is 0 Å². The van der Waals surface area contributed by atoms with Gasteiger partial charge in [-0.3, -0.25) is 0 Å². The van der Waals surface area contributed by atoms with E-state index in [0.29, 0.717) is 0 Å². The summed E-state index contributed by atoms with van der Waals surface area (Å²) >= 11 is 0. The van der Waals surface area contributed by atoms with Gasteiger partial charge in [0.2, 0.25) is 0 Å². The highest BCUT2D eigenvalue weighted by molar-refractivity contribution is 5.17. The Bertz CT molecular complexity index is 300. The summed E-state index contributed by atoms with van der Waals surface area (Å²) in [4.78, 5) is 0. The Morgan fingerprint density at radius 3 is 2.43 bits per heavy atom. The third kappa shape index (κ3) is 4.66. The summed E-state index contributed by atoms with van der Waals surface area (Å²) in [5.41, 5.74) is 2.76. The molecule has 0 heteroatoms. The van der Waals surface area contributed by atoms with Crippen LogP contribution in [-0.4, -0.2) is 0 Å². The fourth-order valence-corrected chi connectivity index (χ4v) is 1.23. The topological polar surface area (TPSA) is 0 Å². The van der Waals surface area contributed by atoms with Crippen molar-refractivity contribution in [1.82, 2.24) is 0 Å². The molecule has 1 aromatic rings. The normalized spacial score (nSPS) is 10.4. The lowest BCUT2D eigenvalue weighted by atomic mass is 10.1. The zero-order chi connectivity index (χ0) is 10.2. The Balaban J connectivity index is 2.31. The smallest absolute Gasteiger partial charge is 0.00973 e. The lowest BCUT2D eigenvalue weighted by Gasteiger charge is -1.93. The molecule has 0 radical (unpaired) electrons. The molecule has 0 heterocycles. The zero-order valence-electron chi connectivity index (χ0n) is 9.03. The summed E-state index contributed by atoms with van der Waals surface area (Å²) in [5, 5.41) is 0. The molecule has 0 N–H and O–H groups in total. The van der Waals surface area contributed by atoms with Crippen molar-refractivity contribution < 1.29 is 0 Å². The summed E-state index contributed by atoms with van der Waals surface area (Å²) in [6, 6.07) is 10.5. The molecule has 1 aromatic carbocycles. The van der Waals surface area contributed by atoms with Gasteiger partial charge in [0, 0.05) is 0 Å². The third-order valence-electron chi connectivity index (χ3n) is 2.03. The molecule has 0 unspecified atom stereocenters. The lowest BCUT2D eigenvalue weighted by molar-refractivity contribution is 1.22. The van der Waals surface area contributed by atoms with Gasteiger partial charge in [0.15, 0.2) is 0 Å². The molecule has 0 amide bonds. The highest BCUT2D eigenvalue weighted by Gasteiger charge is 1.84. The van der Waals surface area contributed by atoms with Gasteiger partial charge in [-0.1, -0.05) is 54.1 Å². The molecule has 0 aliphatic heterocycles. The summed E-state index contributed by atoms with van der Waals surface area (Å²) in [6.45, 7) is 4.26. The van der Waals surface area contributed by atoms with Gasteiger partial charge in [-0.25, -0.2) is 0 Å². The molecule has 0 aliphatic rings. The summed E-state index contributed by atoms with van der Waals surface area (Å²) in [6.07, 6.45) is 8.78. The van der Waals surface area contributed by atoms with Gasteiger partial charge < -0.3 is 0 Å². The van der Waals surface area contributed by atoms with Crippen molar-refractivity contribution in [2.75, 3.05) is 0 Å². The van der Waals surface area contributed by atoms with Crippen LogP contribution in [0, 0.1) is 0 Å². The highest BCUT2D eigenvalue weighted by atomic mass is 13.9. The van der Waals surface area contributed by atoms with E-state index < -0.39 is 0 Å². The van der Waals surface area contributed by atoms with Gasteiger partial charge in [0.1, 0.15) is 0 Å². The number of rotatable bonds is 4. The van der Waals surface area contributed by atoms with Crippen LogP contribution < -0.4 is 0 Å². The van der Waals surface area contributed by atoms with E-state index in [1.54, 1.807) is 0 Å². The van der Waals surface area contributed by atoms with E-state index in [0.717, 1.165) is 12.8 Å². The summed E-state index contributed by atoms with van der Waals surface area (Å²) < 4.78 is 0. The Morgan fingerprint density at radius 2 is 1.79 bits per heavy atom. The monoisotopic (exact) mass is 186 g/mol. The molecule has 0 fully saturated rings. The first kappa shape index (κ1) is 10.8. The van der Waals surface area contributed by atoms with Crippen molar-refractivity contribution in [3.63, 3.8) is 0 Å². The van der Waals surface area contributed by atoms with Crippen molar-refractivity contribution in [1.29, 1.82) is 0 Å². The maximum absolute atomic E-state index is 2.24. The molecule has 0 aliphatic carbocycles. The van der Waals surface area contributed by atoms with E-state index in [2.05, 4.69) is 62.4 Å². The van der Waals surface area contributed by atoms with Crippen molar-refractivity contribution in [2.24, 2.45) is 0 Å². The third-order valence-corrected chi connectivity index (χ3v) is 2.03. The SMILES string of the molecule is CC(C)=CC/C=C/Cc1ccccc1. The van der Waals surface area contributed by atoms with Gasteiger partial charge >= 0.3 is 0 Å². The second kappa shape index (κ2) is 6.20. The second-order valence-electron chi connectivity index (χ2n) is 3.68. The highest BCUT2D eigenvalue weighted by Crippen LogP contribution is 2.01. The van der Waals surface area contributed by atoms with Gasteiger partial charge in [-0.15, -0.1) is 0 Å². The Kier molecular flexibility index (Phi) is 4.77. The maximum Gasteiger partial charge on any atom is -0.00973 e. The van der Waals surface area contributed by atoms with Crippen LogP contribution in [0.3, 0.4) is 0 Å². The van der Waals surface area contributed by atoms with E-state index in [9.17, 15) is 0 Å². The van der Waals surface area contributed by atoms with E-state index >= 15 is 0 Å². The minimum Gasteiger partial charge on any atom is -0.0844 e. The average Bonchev–Trinajstić information content (AvgIpc) is 2.18. The maximum atomic E-state index is 2.24. The van der Waals surface area contributed by atoms with E-state index in [-0.39, 0.29) is 0 Å². The predicted molar refractivity (Wildman–Crippen MR) is 63.3 cm³/mol. The van der Waals surface area contributed by atoms with E-state index in [4.69, 9.17) is 0 Å². The fourth-order valence-electron chi connectivity index (χ4n) is 1.23. The van der Waals surface area contributed by atoms with Crippen LogP contribution in [0.15, 0.2) is 54.1 Å². The van der Waals surface area contributed by atoms with Crippen molar-refractivity contribution in [2.45, 2.75) is 26.7 Å². The molecule has 0 saturated heterocycles. The minimum absolute atomic E-state index is 1.04. The average molecular weight is 186 g/mol. The Hall–Kier alpha value is -1.30. The first-order valence-electron chi connectivity index (χ1n) is 5.11. The second-order valence-corrected chi connectivity index (χ2v) is 3.68. The van der Waals surface area contributed by atoms with Crippen molar-refractivity contribution in [3.05, 3.63) is 59.7 Å². The largest absolute Gasteiger partial charge is 0.0844 e. The van der Waals surface area contributed by atoms with Crippen LogP contribution in [0.2, 0.25) is 0 Å². The van der Waals surface area contributed by atoms with E-state index in [1.807, 2.05) is 0 Å². The van der Waals surface area contributed by atoms with Crippen molar-refractivity contribution >= 4 is 0 Å². The zero-order valence-corrected chi connectivity index (χ0v) is 9.03. The number of benzene rings is 1. The number of hydrogen-bond donors (Lipinski definition) is 0.